The Morgan fingerprint density at radius 1 is 1.16 bits per heavy atom. The number of ether oxygens (including phenoxy) is 2. The normalized spacial score (nSPS) is 10.3. The molecule has 0 unspecified atom stereocenters. The van der Waals surface area contributed by atoms with E-state index in [9.17, 15) is 4.39 Å². The van der Waals surface area contributed by atoms with Gasteiger partial charge >= 0.3 is 0 Å². The van der Waals surface area contributed by atoms with E-state index in [4.69, 9.17) is 9.47 Å². The fraction of sp³-hybridized carbons (Fsp3) is 0.200. The van der Waals surface area contributed by atoms with Gasteiger partial charge < -0.3 is 9.47 Å². The largest absolute Gasteiger partial charge is 0.496 e. The van der Waals surface area contributed by atoms with Crippen molar-refractivity contribution in [1.82, 2.24) is 0 Å². The number of halogens is 2. The number of benzene rings is 2. The van der Waals surface area contributed by atoms with Crippen molar-refractivity contribution in [1.29, 1.82) is 0 Å². The third-order valence-corrected chi connectivity index (χ3v) is 3.26. The molecule has 4 heteroatoms. The van der Waals surface area contributed by atoms with Crippen molar-refractivity contribution in [2.75, 3.05) is 7.11 Å². The van der Waals surface area contributed by atoms with Crippen LogP contribution in [0.15, 0.2) is 40.9 Å². The molecule has 0 radical (unpaired) electrons. The zero-order chi connectivity index (χ0) is 13.8. The van der Waals surface area contributed by atoms with Gasteiger partial charge in [0.15, 0.2) is 0 Å². The van der Waals surface area contributed by atoms with E-state index in [0.717, 1.165) is 15.8 Å². The van der Waals surface area contributed by atoms with E-state index >= 15 is 0 Å². The van der Waals surface area contributed by atoms with Crippen LogP contribution in [0.25, 0.3) is 0 Å². The van der Waals surface area contributed by atoms with Crippen LogP contribution >= 0.6 is 15.9 Å². The monoisotopic (exact) mass is 324 g/mol. The fourth-order valence-corrected chi connectivity index (χ4v) is 2.14. The number of methoxy groups -OCH3 is 1. The molecule has 0 fully saturated rings. The van der Waals surface area contributed by atoms with Gasteiger partial charge in [-0.05, 0) is 48.9 Å². The van der Waals surface area contributed by atoms with Crippen LogP contribution in [0.4, 0.5) is 4.39 Å². The first-order valence-corrected chi connectivity index (χ1v) is 6.61. The maximum atomic E-state index is 13.2. The van der Waals surface area contributed by atoms with Crippen LogP contribution in [0.3, 0.4) is 0 Å². The molecular weight excluding hydrogens is 311 g/mol. The molecule has 0 aromatic heterocycles. The SMILES string of the molecule is COc1ccc(Br)cc1COc1ccc(F)c(C)c1. The lowest BCUT2D eigenvalue weighted by Gasteiger charge is -2.11. The molecule has 2 rings (SSSR count). The number of hydrogen-bond acceptors (Lipinski definition) is 2. The van der Waals surface area contributed by atoms with Crippen LogP contribution in [0, 0.1) is 12.7 Å². The van der Waals surface area contributed by atoms with E-state index in [1.54, 1.807) is 26.2 Å². The van der Waals surface area contributed by atoms with Gasteiger partial charge in [0.1, 0.15) is 23.9 Å². The Morgan fingerprint density at radius 2 is 1.95 bits per heavy atom. The third kappa shape index (κ3) is 3.47. The zero-order valence-corrected chi connectivity index (χ0v) is 12.3. The summed E-state index contributed by atoms with van der Waals surface area (Å²) in [5.41, 5.74) is 1.50. The molecule has 0 saturated carbocycles. The van der Waals surface area contributed by atoms with Crippen LogP contribution in [-0.4, -0.2) is 7.11 Å². The highest BCUT2D eigenvalue weighted by Gasteiger charge is 2.06. The average molecular weight is 325 g/mol. The minimum absolute atomic E-state index is 0.229. The Balaban J connectivity index is 2.13. The second-order valence-corrected chi connectivity index (χ2v) is 5.07. The third-order valence-electron chi connectivity index (χ3n) is 2.77. The molecule has 0 heterocycles. The van der Waals surface area contributed by atoms with Crippen LogP contribution in [-0.2, 0) is 6.61 Å². The molecule has 19 heavy (non-hydrogen) atoms. The summed E-state index contributed by atoms with van der Waals surface area (Å²) >= 11 is 3.41. The van der Waals surface area contributed by atoms with Crippen molar-refractivity contribution in [3.05, 3.63) is 57.8 Å². The first-order valence-electron chi connectivity index (χ1n) is 5.81. The van der Waals surface area contributed by atoms with Crippen molar-refractivity contribution < 1.29 is 13.9 Å². The second-order valence-electron chi connectivity index (χ2n) is 4.16. The Hall–Kier alpha value is -1.55. The summed E-state index contributed by atoms with van der Waals surface area (Å²) < 4.78 is 25.0. The molecule has 0 amide bonds. The first kappa shape index (κ1) is 13.9. The van der Waals surface area contributed by atoms with E-state index in [-0.39, 0.29) is 5.82 Å². The highest BCUT2D eigenvalue weighted by Crippen LogP contribution is 2.25. The highest BCUT2D eigenvalue weighted by atomic mass is 79.9. The van der Waals surface area contributed by atoms with Gasteiger partial charge in [0, 0.05) is 10.0 Å². The van der Waals surface area contributed by atoms with E-state index in [2.05, 4.69) is 15.9 Å². The maximum absolute atomic E-state index is 13.2. The molecule has 0 saturated heterocycles. The molecule has 2 aromatic rings. The summed E-state index contributed by atoms with van der Waals surface area (Å²) in [7, 11) is 1.62. The summed E-state index contributed by atoms with van der Waals surface area (Å²) in [4.78, 5) is 0. The van der Waals surface area contributed by atoms with Gasteiger partial charge in [-0.15, -0.1) is 0 Å². The Kier molecular flexibility index (Phi) is 4.43. The predicted molar refractivity (Wildman–Crippen MR) is 76.2 cm³/mol. The first-order chi connectivity index (χ1) is 9.10. The molecule has 100 valence electrons. The van der Waals surface area contributed by atoms with Gasteiger partial charge in [-0.1, -0.05) is 15.9 Å². The maximum Gasteiger partial charge on any atom is 0.126 e. The standard InChI is InChI=1S/C15H14BrFO2/c1-10-7-13(4-5-14(10)17)19-9-11-8-12(16)3-6-15(11)18-2/h3-8H,9H2,1-2H3. The molecule has 2 nitrogen and oxygen atoms in total. The molecule has 0 N–H and O–H groups in total. The predicted octanol–water partition coefficient (Wildman–Crippen LogP) is 4.48. The Labute approximate surface area is 120 Å². The lowest BCUT2D eigenvalue weighted by atomic mass is 10.2. The molecule has 0 aliphatic heterocycles. The van der Waals surface area contributed by atoms with Gasteiger partial charge in [-0.25, -0.2) is 4.39 Å². The smallest absolute Gasteiger partial charge is 0.126 e. The van der Waals surface area contributed by atoms with Crippen LogP contribution in [0.1, 0.15) is 11.1 Å². The van der Waals surface area contributed by atoms with Crippen molar-refractivity contribution in [3.63, 3.8) is 0 Å². The molecule has 0 aliphatic rings. The van der Waals surface area contributed by atoms with Crippen molar-refractivity contribution in [2.24, 2.45) is 0 Å². The van der Waals surface area contributed by atoms with E-state index in [1.165, 1.54) is 6.07 Å². The zero-order valence-electron chi connectivity index (χ0n) is 10.7. The van der Waals surface area contributed by atoms with E-state index in [0.29, 0.717) is 17.9 Å². The Bertz CT molecular complexity index is 584. The number of hydrogen-bond donors (Lipinski definition) is 0. The molecule has 0 aliphatic carbocycles. The molecule has 0 spiro atoms. The minimum atomic E-state index is -0.229. The minimum Gasteiger partial charge on any atom is -0.496 e. The summed E-state index contributed by atoms with van der Waals surface area (Å²) in [6.07, 6.45) is 0. The molecule has 0 atom stereocenters. The number of rotatable bonds is 4. The summed E-state index contributed by atoms with van der Waals surface area (Å²) in [6, 6.07) is 10.4. The Morgan fingerprint density at radius 3 is 2.63 bits per heavy atom. The second kappa shape index (κ2) is 6.06. The van der Waals surface area contributed by atoms with Crippen molar-refractivity contribution in [3.8, 4) is 11.5 Å². The van der Waals surface area contributed by atoms with Gasteiger partial charge in [-0.2, -0.15) is 0 Å². The quantitative estimate of drug-likeness (QED) is 0.825. The van der Waals surface area contributed by atoms with Crippen LogP contribution in [0.5, 0.6) is 11.5 Å². The molecule has 2 aromatic carbocycles. The summed E-state index contributed by atoms with van der Waals surface area (Å²) in [6.45, 7) is 2.08. The fourth-order valence-electron chi connectivity index (χ4n) is 1.73. The molecular formula is C15H14BrFO2. The molecule has 0 bridgehead atoms. The van der Waals surface area contributed by atoms with Crippen LogP contribution < -0.4 is 9.47 Å². The van der Waals surface area contributed by atoms with Crippen LogP contribution in [0.2, 0.25) is 0 Å². The number of aryl methyl sites for hydroxylation is 1. The highest BCUT2D eigenvalue weighted by molar-refractivity contribution is 9.10. The topological polar surface area (TPSA) is 18.5 Å². The van der Waals surface area contributed by atoms with Crippen molar-refractivity contribution in [2.45, 2.75) is 13.5 Å². The summed E-state index contributed by atoms with van der Waals surface area (Å²) in [5, 5.41) is 0. The summed E-state index contributed by atoms with van der Waals surface area (Å²) in [5.74, 6) is 1.18. The van der Waals surface area contributed by atoms with Gasteiger partial charge in [0.05, 0.1) is 7.11 Å². The average Bonchev–Trinajstić information content (AvgIpc) is 2.40. The lowest BCUT2D eigenvalue weighted by Crippen LogP contribution is -1.99. The lowest BCUT2D eigenvalue weighted by molar-refractivity contribution is 0.296. The van der Waals surface area contributed by atoms with E-state index in [1.807, 2.05) is 18.2 Å². The van der Waals surface area contributed by atoms with E-state index < -0.39 is 0 Å². The van der Waals surface area contributed by atoms with Gasteiger partial charge in [0.25, 0.3) is 0 Å². The van der Waals surface area contributed by atoms with Crippen molar-refractivity contribution >= 4 is 15.9 Å². The van der Waals surface area contributed by atoms with Gasteiger partial charge in [-0.3, -0.25) is 0 Å². The van der Waals surface area contributed by atoms with Gasteiger partial charge in [0.2, 0.25) is 0 Å².